The molecule has 0 spiro atoms. The minimum atomic E-state index is 0.567. The number of aliphatic imine (C=N–C) groups is 1. The zero-order valence-corrected chi connectivity index (χ0v) is 12.5. The predicted octanol–water partition coefficient (Wildman–Crippen LogP) is 3.06. The third-order valence-electron chi connectivity index (χ3n) is 3.79. The van der Waals surface area contributed by atoms with Crippen molar-refractivity contribution in [2.45, 2.75) is 65.3 Å². The monoisotopic (exact) mass is 253 g/mol. The summed E-state index contributed by atoms with van der Waals surface area (Å²) in [6.45, 7) is 11.4. The first-order valence-electron chi connectivity index (χ1n) is 7.78. The van der Waals surface area contributed by atoms with Crippen molar-refractivity contribution >= 4 is 5.84 Å². The van der Waals surface area contributed by atoms with Crippen molar-refractivity contribution in [2.75, 3.05) is 26.2 Å². The minimum Gasteiger partial charge on any atom is -0.371 e. The van der Waals surface area contributed by atoms with Crippen LogP contribution in [0.2, 0.25) is 0 Å². The molecule has 0 fully saturated rings. The lowest BCUT2D eigenvalue weighted by atomic mass is 10.1. The smallest absolute Gasteiger partial charge is 0.0965 e. The molecule has 1 heterocycles. The van der Waals surface area contributed by atoms with Crippen LogP contribution < -0.4 is 5.32 Å². The fourth-order valence-corrected chi connectivity index (χ4v) is 2.51. The lowest BCUT2D eigenvalue weighted by molar-refractivity contribution is 0.292. The lowest BCUT2D eigenvalue weighted by Gasteiger charge is -2.20. The van der Waals surface area contributed by atoms with Crippen molar-refractivity contribution in [1.29, 1.82) is 0 Å². The van der Waals surface area contributed by atoms with Gasteiger partial charge >= 0.3 is 0 Å². The van der Waals surface area contributed by atoms with E-state index in [1.165, 1.54) is 57.6 Å². The van der Waals surface area contributed by atoms with Crippen LogP contribution in [0.25, 0.3) is 0 Å². The number of rotatable bonds is 7. The summed E-state index contributed by atoms with van der Waals surface area (Å²) in [6, 6.07) is 0.567. The quantitative estimate of drug-likeness (QED) is 0.755. The van der Waals surface area contributed by atoms with E-state index in [1.807, 2.05) is 0 Å². The molecular weight excluding hydrogens is 222 g/mol. The summed E-state index contributed by atoms with van der Waals surface area (Å²) in [5.74, 6) is 1.25. The Morgan fingerprint density at radius 1 is 1.22 bits per heavy atom. The highest BCUT2D eigenvalue weighted by molar-refractivity contribution is 5.82. The lowest BCUT2D eigenvalue weighted by Crippen LogP contribution is -2.33. The van der Waals surface area contributed by atoms with Gasteiger partial charge in [0.15, 0.2) is 0 Å². The molecule has 0 bridgehead atoms. The van der Waals surface area contributed by atoms with Gasteiger partial charge in [-0.1, -0.05) is 20.3 Å². The fourth-order valence-electron chi connectivity index (χ4n) is 2.51. The summed E-state index contributed by atoms with van der Waals surface area (Å²) < 4.78 is 0. The molecule has 0 aromatic heterocycles. The molecule has 0 aromatic rings. The van der Waals surface area contributed by atoms with E-state index >= 15 is 0 Å². The van der Waals surface area contributed by atoms with Crippen LogP contribution in [0.5, 0.6) is 0 Å². The summed E-state index contributed by atoms with van der Waals surface area (Å²) >= 11 is 0. The van der Waals surface area contributed by atoms with Gasteiger partial charge in [-0.25, -0.2) is 0 Å². The van der Waals surface area contributed by atoms with Gasteiger partial charge in [0.25, 0.3) is 0 Å². The molecule has 0 radical (unpaired) electrons. The fraction of sp³-hybridized carbons (Fsp3) is 0.933. The molecule has 0 aliphatic carbocycles. The zero-order chi connectivity index (χ0) is 13.2. The van der Waals surface area contributed by atoms with E-state index in [2.05, 4.69) is 36.0 Å². The Morgan fingerprint density at radius 3 is 2.72 bits per heavy atom. The Bertz CT molecular complexity index is 234. The standard InChI is InChI=1S/C15H31N3/c1-4-18(5-2)13-9-10-14(3)17-15-11-7-6-8-12-16-15/h14H,4-13H2,1-3H3,(H,16,17)/t14-/m0/s1. The van der Waals surface area contributed by atoms with Gasteiger partial charge in [-0.15, -0.1) is 0 Å². The normalized spacial score (nSPS) is 18.3. The summed E-state index contributed by atoms with van der Waals surface area (Å²) in [6.07, 6.45) is 7.59. The molecule has 0 saturated heterocycles. The van der Waals surface area contributed by atoms with Crippen molar-refractivity contribution in [2.24, 2.45) is 4.99 Å². The second-order valence-corrected chi connectivity index (χ2v) is 5.35. The Labute approximate surface area is 113 Å². The Morgan fingerprint density at radius 2 is 2.00 bits per heavy atom. The largest absolute Gasteiger partial charge is 0.371 e. The molecule has 18 heavy (non-hydrogen) atoms. The zero-order valence-electron chi connectivity index (χ0n) is 12.5. The first-order chi connectivity index (χ1) is 8.76. The molecule has 1 N–H and O–H groups in total. The summed E-state index contributed by atoms with van der Waals surface area (Å²) in [4.78, 5) is 7.13. The molecule has 1 aliphatic rings. The van der Waals surface area contributed by atoms with Crippen LogP contribution in [0.3, 0.4) is 0 Å². The summed E-state index contributed by atoms with van der Waals surface area (Å²) in [7, 11) is 0. The van der Waals surface area contributed by atoms with Gasteiger partial charge in [0.1, 0.15) is 0 Å². The highest BCUT2D eigenvalue weighted by atomic mass is 15.1. The Kier molecular flexibility index (Phi) is 8.06. The number of amidine groups is 1. The van der Waals surface area contributed by atoms with E-state index in [0.29, 0.717) is 6.04 Å². The van der Waals surface area contributed by atoms with Crippen LogP contribution in [-0.4, -0.2) is 43.0 Å². The topological polar surface area (TPSA) is 27.6 Å². The second-order valence-electron chi connectivity index (χ2n) is 5.35. The summed E-state index contributed by atoms with van der Waals surface area (Å²) in [5, 5.41) is 3.60. The van der Waals surface area contributed by atoms with Gasteiger partial charge in [0, 0.05) is 19.0 Å². The van der Waals surface area contributed by atoms with Crippen LogP contribution in [-0.2, 0) is 0 Å². The molecule has 1 aliphatic heterocycles. The number of hydrogen-bond donors (Lipinski definition) is 1. The number of nitrogens with one attached hydrogen (secondary N) is 1. The van der Waals surface area contributed by atoms with E-state index in [-0.39, 0.29) is 0 Å². The maximum Gasteiger partial charge on any atom is 0.0965 e. The van der Waals surface area contributed by atoms with Crippen molar-refractivity contribution in [3.8, 4) is 0 Å². The van der Waals surface area contributed by atoms with Crippen LogP contribution in [0.1, 0.15) is 59.3 Å². The van der Waals surface area contributed by atoms with Crippen LogP contribution in [0, 0.1) is 0 Å². The van der Waals surface area contributed by atoms with Gasteiger partial charge in [-0.2, -0.15) is 0 Å². The minimum absolute atomic E-state index is 0.567. The molecule has 106 valence electrons. The van der Waals surface area contributed by atoms with Gasteiger partial charge in [0.05, 0.1) is 5.84 Å². The van der Waals surface area contributed by atoms with Gasteiger partial charge in [0.2, 0.25) is 0 Å². The second kappa shape index (κ2) is 9.37. The van der Waals surface area contributed by atoms with Crippen LogP contribution in [0.15, 0.2) is 4.99 Å². The average molecular weight is 253 g/mol. The highest BCUT2D eigenvalue weighted by Gasteiger charge is 2.08. The molecular formula is C15H31N3. The molecule has 0 aromatic carbocycles. The molecule has 1 atom stereocenters. The van der Waals surface area contributed by atoms with E-state index in [9.17, 15) is 0 Å². The van der Waals surface area contributed by atoms with E-state index in [4.69, 9.17) is 0 Å². The first-order valence-corrected chi connectivity index (χ1v) is 7.78. The molecule has 3 heteroatoms. The van der Waals surface area contributed by atoms with Gasteiger partial charge in [-0.05, 0) is 52.2 Å². The first kappa shape index (κ1) is 15.5. The third-order valence-corrected chi connectivity index (χ3v) is 3.79. The SMILES string of the molecule is CCN(CC)CCC[C@H](C)NC1=NCCCCC1. The van der Waals surface area contributed by atoms with Crippen LogP contribution in [0.4, 0.5) is 0 Å². The predicted molar refractivity (Wildman–Crippen MR) is 80.4 cm³/mol. The molecule has 1 rings (SSSR count). The average Bonchev–Trinajstić information content (AvgIpc) is 2.63. The Hall–Kier alpha value is -0.570. The molecule has 3 nitrogen and oxygen atoms in total. The van der Waals surface area contributed by atoms with Crippen molar-refractivity contribution in [3.63, 3.8) is 0 Å². The summed E-state index contributed by atoms with van der Waals surface area (Å²) in [5.41, 5.74) is 0. The molecule has 0 saturated carbocycles. The molecule has 0 unspecified atom stereocenters. The van der Waals surface area contributed by atoms with Crippen LogP contribution >= 0.6 is 0 Å². The van der Waals surface area contributed by atoms with Crippen molar-refractivity contribution in [1.82, 2.24) is 10.2 Å². The van der Waals surface area contributed by atoms with Crippen molar-refractivity contribution < 1.29 is 0 Å². The van der Waals surface area contributed by atoms with E-state index in [1.54, 1.807) is 0 Å². The maximum atomic E-state index is 4.63. The number of nitrogens with zero attached hydrogens (tertiary/aromatic N) is 2. The van der Waals surface area contributed by atoms with E-state index < -0.39 is 0 Å². The maximum absolute atomic E-state index is 4.63. The highest BCUT2D eigenvalue weighted by Crippen LogP contribution is 2.07. The van der Waals surface area contributed by atoms with E-state index in [0.717, 1.165) is 13.0 Å². The number of hydrogen-bond acceptors (Lipinski definition) is 3. The van der Waals surface area contributed by atoms with Gasteiger partial charge in [-0.3, -0.25) is 4.99 Å². The third kappa shape index (κ3) is 6.39. The molecule has 0 amide bonds. The Balaban J connectivity index is 2.16. The van der Waals surface area contributed by atoms with Gasteiger partial charge < -0.3 is 10.2 Å². The van der Waals surface area contributed by atoms with Crippen molar-refractivity contribution in [3.05, 3.63) is 0 Å².